The Balaban J connectivity index is 1.95. The number of halogens is 1. The van der Waals surface area contributed by atoms with E-state index in [0.29, 0.717) is 17.1 Å². The predicted molar refractivity (Wildman–Crippen MR) is 87.8 cm³/mol. The fourth-order valence-corrected chi connectivity index (χ4v) is 2.05. The molecule has 2 aromatic carbocycles. The Morgan fingerprint density at radius 1 is 1.00 bits per heavy atom. The van der Waals surface area contributed by atoms with Crippen LogP contribution in [-0.4, -0.2) is 23.6 Å². The van der Waals surface area contributed by atoms with Gasteiger partial charge >= 0.3 is 0 Å². The maximum atomic E-state index is 12.0. The van der Waals surface area contributed by atoms with Gasteiger partial charge in [0.25, 0.3) is 0 Å². The number of nitrogens with zero attached hydrogens (tertiary/aromatic N) is 1. The average molecular weight is 314 g/mol. The van der Waals surface area contributed by atoms with Crippen LogP contribution in [0, 0.1) is 0 Å². The molecule has 0 N–H and O–H groups in total. The normalized spacial score (nSPS) is 10.6. The molecule has 0 fully saturated rings. The summed E-state index contributed by atoms with van der Waals surface area (Å²) in [7, 11) is 1.70. The van der Waals surface area contributed by atoms with Crippen molar-refractivity contribution in [2.45, 2.75) is 6.54 Å². The van der Waals surface area contributed by atoms with Crippen LogP contribution >= 0.6 is 11.6 Å². The van der Waals surface area contributed by atoms with Crippen molar-refractivity contribution in [3.63, 3.8) is 0 Å². The van der Waals surface area contributed by atoms with Gasteiger partial charge in [-0.2, -0.15) is 0 Å². The predicted octanol–water partition coefficient (Wildman–Crippen LogP) is 3.74. The molecule has 0 aromatic heterocycles. The first-order valence-electron chi connectivity index (χ1n) is 6.83. The average Bonchev–Trinajstić information content (AvgIpc) is 2.53. The zero-order valence-corrected chi connectivity index (χ0v) is 13.0. The van der Waals surface area contributed by atoms with Crippen LogP contribution < -0.4 is 0 Å². The van der Waals surface area contributed by atoms with E-state index in [0.717, 1.165) is 5.56 Å². The molecule has 1 amide bonds. The van der Waals surface area contributed by atoms with Crippen LogP contribution in [0.2, 0.25) is 5.02 Å². The van der Waals surface area contributed by atoms with Gasteiger partial charge in [0.15, 0.2) is 5.78 Å². The van der Waals surface area contributed by atoms with Gasteiger partial charge in [0.1, 0.15) is 0 Å². The third kappa shape index (κ3) is 4.57. The number of hydrogen-bond donors (Lipinski definition) is 0. The summed E-state index contributed by atoms with van der Waals surface area (Å²) in [6.45, 7) is 0.499. The molecule has 0 aliphatic heterocycles. The molecule has 0 bridgehead atoms. The highest BCUT2D eigenvalue weighted by molar-refractivity contribution is 6.30. The number of benzene rings is 2. The molecule has 112 valence electrons. The Kier molecular flexibility index (Phi) is 5.50. The fourth-order valence-electron chi connectivity index (χ4n) is 1.92. The van der Waals surface area contributed by atoms with Crippen LogP contribution in [0.5, 0.6) is 0 Å². The van der Waals surface area contributed by atoms with Gasteiger partial charge in [0, 0.05) is 30.3 Å². The van der Waals surface area contributed by atoms with Crippen molar-refractivity contribution in [2.75, 3.05) is 7.05 Å². The lowest BCUT2D eigenvalue weighted by atomic mass is 10.1. The second-order valence-electron chi connectivity index (χ2n) is 4.88. The minimum atomic E-state index is -0.224. The molecule has 0 heterocycles. The Labute approximate surface area is 134 Å². The lowest BCUT2D eigenvalue weighted by Crippen LogP contribution is -2.24. The first kappa shape index (κ1) is 16.0. The zero-order valence-electron chi connectivity index (χ0n) is 12.2. The molecule has 0 atom stereocenters. The van der Waals surface area contributed by atoms with Crippen molar-refractivity contribution in [1.29, 1.82) is 0 Å². The molecule has 0 unspecified atom stereocenters. The largest absolute Gasteiger partial charge is 0.338 e. The highest BCUT2D eigenvalue weighted by Crippen LogP contribution is 2.10. The van der Waals surface area contributed by atoms with Gasteiger partial charge in [-0.15, -0.1) is 0 Å². The molecule has 4 heteroatoms. The van der Waals surface area contributed by atoms with Crippen molar-refractivity contribution >= 4 is 23.3 Å². The minimum absolute atomic E-state index is 0.217. The second kappa shape index (κ2) is 7.57. The summed E-state index contributed by atoms with van der Waals surface area (Å²) >= 11 is 5.77. The van der Waals surface area contributed by atoms with E-state index in [9.17, 15) is 9.59 Å². The molecular formula is C18H16ClNO2. The van der Waals surface area contributed by atoms with Crippen molar-refractivity contribution in [3.05, 3.63) is 82.9 Å². The summed E-state index contributed by atoms with van der Waals surface area (Å²) in [6, 6.07) is 16.2. The van der Waals surface area contributed by atoms with Crippen molar-refractivity contribution < 1.29 is 9.59 Å². The van der Waals surface area contributed by atoms with Crippen molar-refractivity contribution in [2.24, 2.45) is 0 Å². The van der Waals surface area contributed by atoms with Crippen LogP contribution in [0.4, 0.5) is 0 Å². The van der Waals surface area contributed by atoms with E-state index >= 15 is 0 Å². The van der Waals surface area contributed by atoms with Gasteiger partial charge in [0.05, 0.1) is 0 Å². The molecule has 0 aliphatic rings. The van der Waals surface area contributed by atoms with Gasteiger partial charge in [-0.05, 0) is 35.9 Å². The molecule has 2 rings (SSSR count). The molecule has 0 saturated heterocycles. The van der Waals surface area contributed by atoms with Crippen LogP contribution in [0.15, 0.2) is 66.7 Å². The summed E-state index contributed by atoms with van der Waals surface area (Å²) in [5.74, 6) is -0.440. The summed E-state index contributed by atoms with van der Waals surface area (Å²) in [4.78, 5) is 25.5. The van der Waals surface area contributed by atoms with Crippen LogP contribution in [0.1, 0.15) is 15.9 Å². The van der Waals surface area contributed by atoms with E-state index in [2.05, 4.69) is 0 Å². The molecule has 0 radical (unpaired) electrons. The number of likely N-dealkylation sites (N-methyl/N-ethyl adjacent to an activating group) is 1. The Hall–Kier alpha value is -2.39. The van der Waals surface area contributed by atoms with Crippen LogP contribution in [-0.2, 0) is 11.3 Å². The van der Waals surface area contributed by atoms with Crippen LogP contribution in [0.25, 0.3) is 0 Å². The summed E-state index contributed by atoms with van der Waals surface area (Å²) in [6.07, 6.45) is 2.58. The number of allylic oxidation sites excluding steroid dienone is 1. The monoisotopic (exact) mass is 313 g/mol. The highest BCUT2D eigenvalue weighted by atomic mass is 35.5. The molecule has 0 spiro atoms. The summed E-state index contributed by atoms with van der Waals surface area (Å²) < 4.78 is 0. The lowest BCUT2D eigenvalue weighted by molar-refractivity contribution is -0.125. The standard InChI is InChI=1S/C18H16ClNO2/c1-20(13-14-5-3-2-4-6-14)18(22)12-11-17(21)15-7-9-16(19)10-8-15/h2-12H,13H2,1H3/b12-11+. The van der Waals surface area contributed by atoms with E-state index < -0.39 is 0 Å². The zero-order chi connectivity index (χ0) is 15.9. The smallest absolute Gasteiger partial charge is 0.246 e. The SMILES string of the molecule is CN(Cc1ccccc1)C(=O)/C=C/C(=O)c1ccc(Cl)cc1. The van der Waals surface area contributed by atoms with E-state index in [4.69, 9.17) is 11.6 Å². The Morgan fingerprint density at radius 2 is 1.64 bits per heavy atom. The maximum absolute atomic E-state index is 12.0. The van der Waals surface area contributed by atoms with Crippen molar-refractivity contribution in [3.8, 4) is 0 Å². The van der Waals surface area contributed by atoms with Gasteiger partial charge in [-0.3, -0.25) is 9.59 Å². The third-order valence-electron chi connectivity index (χ3n) is 3.14. The maximum Gasteiger partial charge on any atom is 0.246 e. The van der Waals surface area contributed by atoms with Crippen LogP contribution in [0.3, 0.4) is 0 Å². The molecule has 3 nitrogen and oxygen atoms in total. The van der Waals surface area contributed by atoms with E-state index in [1.54, 1.807) is 36.2 Å². The number of hydrogen-bond acceptors (Lipinski definition) is 2. The molecule has 0 saturated carbocycles. The topological polar surface area (TPSA) is 37.4 Å². The number of rotatable bonds is 5. The summed E-state index contributed by atoms with van der Waals surface area (Å²) in [5.41, 5.74) is 1.54. The van der Waals surface area contributed by atoms with Gasteiger partial charge < -0.3 is 4.90 Å². The Bertz CT molecular complexity index is 678. The summed E-state index contributed by atoms with van der Waals surface area (Å²) in [5, 5.41) is 0.569. The van der Waals surface area contributed by atoms with Gasteiger partial charge in [0.2, 0.25) is 5.91 Å². The molecule has 2 aromatic rings. The Morgan fingerprint density at radius 3 is 2.27 bits per heavy atom. The number of carbonyl (C=O) groups is 2. The second-order valence-corrected chi connectivity index (χ2v) is 5.32. The van der Waals surface area contributed by atoms with E-state index in [1.807, 2.05) is 30.3 Å². The molecule has 0 aliphatic carbocycles. The first-order valence-corrected chi connectivity index (χ1v) is 7.21. The molecular weight excluding hydrogens is 298 g/mol. The third-order valence-corrected chi connectivity index (χ3v) is 3.40. The number of carbonyl (C=O) groups excluding carboxylic acids is 2. The fraction of sp³-hybridized carbons (Fsp3) is 0.111. The lowest BCUT2D eigenvalue weighted by Gasteiger charge is -2.14. The van der Waals surface area contributed by atoms with E-state index in [1.165, 1.54) is 12.2 Å². The van der Waals surface area contributed by atoms with E-state index in [-0.39, 0.29) is 11.7 Å². The minimum Gasteiger partial charge on any atom is -0.338 e. The number of ketones is 1. The van der Waals surface area contributed by atoms with Gasteiger partial charge in [-0.1, -0.05) is 41.9 Å². The number of amides is 1. The first-order chi connectivity index (χ1) is 10.6. The van der Waals surface area contributed by atoms with Gasteiger partial charge in [-0.25, -0.2) is 0 Å². The highest BCUT2D eigenvalue weighted by Gasteiger charge is 2.07. The quantitative estimate of drug-likeness (QED) is 0.623. The molecule has 22 heavy (non-hydrogen) atoms. The van der Waals surface area contributed by atoms with Crippen molar-refractivity contribution in [1.82, 2.24) is 4.90 Å².